The molecule has 1 aliphatic rings. The summed E-state index contributed by atoms with van der Waals surface area (Å²) in [6.07, 6.45) is 5.79. The van der Waals surface area contributed by atoms with E-state index in [9.17, 15) is 0 Å². The van der Waals surface area contributed by atoms with E-state index in [-0.39, 0.29) is 0 Å². The Morgan fingerprint density at radius 2 is 2.28 bits per heavy atom. The molecule has 0 spiro atoms. The lowest BCUT2D eigenvalue weighted by atomic mass is 10.1. The van der Waals surface area contributed by atoms with Crippen LogP contribution >= 0.6 is 15.9 Å². The normalized spacial score (nSPS) is 16.8. The average molecular weight is 305 g/mol. The van der Waals surface area contributed by atoms with Crippen LogP contribution in [0.5, 0.6) is 0 Å². The average Bonchev–Trinajstić information content (AvgIpc) is 3.19. The second kappa shape index (κ2) is 4.88. The van der Waals surface area contributed by atoms with Crippen molar-refractivity contribution in [3.8, 4) is 0 Å². The fraction of sp³-hybridized carbons (Fsp3) is 0.400. The molecule has 1 unspecified atom stereocenters. The minimum atomic E-state index is 0.598. The summed E-state index contributed by atoms with van der Waals surface area (Å²) in [5, 5.41) is 4.86. The molecule has 1 saturated carbocycles. The van der Waals surface area contributed by atoms with Crippen LogP contribution in [0.4, 0.5) is 5.69 Å². The number of aromatic nitrogens is 1. The zero-order valence-corrected chi connectivity index (χ0v) is 12.1. The molecule has 94 valence electrons. The second-order valence-corrected chi connectivity index (χ2v) is 5.94. The summed E-state index contributed by atoms with van der Waals surface area (Å²) >= 11 is 3.47. The van der Waals surface area contributed by atoms with Crippen molar-refractivity contribution >= 4 is 32.5 Å². The highest BCUT2D eigenvalue weighted by Crippen LogP contribution is 2.36. The lowest BCUT2D eigenvalue weighted by Crippen LogP contribution is -2.20. The number of para-hydroxylation sites is 1. The first-order chi connectivity index (χ1) is 8.78. The summed E-state index contributed by atoms with van der Waals surface area (Å²) in [5.74, 6) is 0.862. The van der Waals surface area contributed by atoms with Crippen molar-refractivity contribution in [2.24, 2.45) is 5.92 Å². The van der Waals surface area contributed by atoms with Crippen LogP contribution in [0.3, 0.4) is 0 Å². The lowest BCUT2D eigenvalue weighted by Gasteiger charge is -2.18. The zero-order valence-electron chi connectivity index (χ0n) is 10.5. The van der Waals surface area contributed by atoms with Gasteiger partial charge >= 0.3 is 0 Å². The van der Waals surface area contributed by atoms with Crippen molar-refractivity contribution in [3.63, 3.8) is 0 Å². The van der Waals surface area contributed by atoms with Gasteiger partial charge in [-0.25, -0.2) is 0 Å². The predicted octanol–water partition coefficient (Wildman–Crippen LogP) is 4.60. The van der Waals surface area contributed by atoms with Crippen molar-refractivity contribution in [2.75, 3.05) is 5.32 Å². The second-order valence-electron chi connectivity index (χ2n) is 5.03. The first kappa shape index (κ1) is 12.0. The molecule has 1 aliphatic carbocycles. The van der Waals surface area contributed by atoms with Crippen LogP contribution in [-0.4, -0.2) is 11.0 Å². The van der Waals surface area contributed by atoms with Crippen molar-refractivity contribution < 1.29 is 0 Å². The third-order valence-corrected chi connectivity index (χ3v) is 4.08. The van der Waals surface area contributed by atoms with Gasteiger partial charge in [0.05, 0.1) is 11.2 Å². The number of fused-ring (bicyclic) bond motifs is 1. The van der Waals surface area contributed by atoms with Gasteiger partial charge in [-0.15, -0.1) is 0 Å². The summed E-state index contributed by atoms with van der Waals surface area (Å²) in [7, 11) is 0. The molecule has 3 rings (SSSR count). The van der Waals surface area contributed by atoms with Gasteiger partial charge in [0.1, 0.15) is 0 Å². The Morgan fingerprint density at radius 1 is 1.44 bits per heavy atom. The minimum absolute atomic E-state index is 0.598. The smallest absolute Gasteiger partial charge is 0.0934 e. The summed E-state index contributed by atoms with van der Waals surface area (Å²) in [5.41, 5.74) is 2.23. The van der Waals surface area contributed by atoms with E-state index in [4.69, 9.17) is 0 Å². The maximum Gasteiger partial charge on any atom is 0.0934 e. The van der Waals surface area contributed by atoms with Crippen LogP contribution in [-0.2, 0) is 0 Å². The highest BCUT2D eigenvalue weighted by molar-refractivity contribution is 9.10. The van der Waals surface area contributed by atoms with Gasteiger partial charge in [-0.2, -0.15) is 0 Å². The van der Waals surface area contributed by atoms with E-state index >= 15 is 0 Å². The molecule has 1 aromatic carbocycles. The van der Waals surface area contributed by atoms with E-state index in [0.29, 0.717) is 6.04 Å². The molecule has 2 aromatic rings. The molecule has 1 aromatic heterocycles. The van der Waals surface area contributed by atoms with E-state index in [1.807, 2.05) is 6.20 Å². The quantitative estimate of drug-likeness (QED) is 0.893. The first-order valence-electron chi connectivity index (χ1n) is 6.58. The largest absolute Gasteiger partial charge is 0.380 e. The molecule has 0 aliphatic heterocycles. The van der Waals surface area contributed by atoms with E-state index in [0.717, 1.165) is 15.9 Å². The highest BCUT2D eigenvalue weighted by Gasteiger charge is 2.30. The summed E-state index contributed by atoms with van der Waals surface area (Å²) in [6, 6.07) is 9.05. The lowest BCUT2D eigenvalue weighted by molar-refractivity contribution is 0.617. The van der Waals surface area contributed by atoms with Gasteiger partial charge in [0.2, 0.25) is 0 Å². The molecular formula is C15H17BrN2. The molecule has 0 bridgehead atoms. The number of anilines is 1. The number of benzene rings is 1. The van der Waals surface area contributed by atoms with Crippen LogP contribution < -0.4 is 5.32 Å². The Balaban J connectivity index is 1.95. The van der Waals surface area contributed by atoms with Gasteiger partial charge in [0.25, 0.3) is 0 Å². The molecule has 3 heteroatoms. The standard InChI is InChI=1S/C15H17BrN2/c1-2-13(10-6-7-10)18-14-5-3-4-11-8-12(16)9-17-15(11)14/h3-5,8-10,13,18H,2,6-7H2,1H3. The van der Waals surface area contributed by atoms with Crippen molar-refractivity contribution in [1.82, 2.24) is 4.98 Å². The van der Waals surface area contributed by atoms with Crippen LogP contribution in [0, 0.1) is 5.92 Å². The molecule has 1 fully saturated rings. The molecule has 18 heavy (non-hydrogen) atoms. The van der Waals surface area contributed by atoms with Gasteiger partial charge < -0.3 is 5.32 Å². The highest BCUT2D eigenvalue weighted by atomic mass is 79.9. The van der Waals surface area contributed by atoms with Crippen LogP contribution in [0.25, 0.3) is 10.9 Å². The zero-order chi connectivity index (χ0) is 12.5. The predicted molar refractivity (Wildman–Crippen MR) is 79.9 cm³/mol. The Kier molecular flexibility index (Phi) is 3.25. The molecule has 0 radical (unpaired) electrons. The van der Waals surface area contributed by atoms with Crippen molar-refractivity contribution in [3.05, 3.63) is 34.9 Å². The fourth-order valence-electron chi connectivity index (χ4n) is 2.50. The van der Waals surface area contributed by atoms with Gasteiger partial charge in [-0.1, -0.05) is 19.1 Å². The van der Waals surface area contributed by atoms with Crippen LogP contribution in [0.15, 0.2) is 34.9 Å². The molecular weight excluding hydrogens is 288 g/mol. The van der Waals surface area contributed by atoms with Gasteiger partial charge in [-0.3, -0.25) is 4.98 Å². The monoisotopic (exact) mass is 304 g/mol. The van der Waals surface area contributed by atoms with Crippen molar-refractivity contribution in [1.29, 1.82) is 0 Å². The Labute approximate surface area is 116 Å². The Hall–Kier alpha value is -1.09. The van der Waals surface area contributed by atoms with Crippen LogP contribution in [0.1, 0.15) is 26.2 Å². The number of hydrogen-bond donors (Lipinski definition) is 1. The number of pyridine rings is 1. The summed E-state index contributed by atoms with van der Waals surface area (Å²) in [4.78, 5) is 4.54. The summed E-state index contributed by atoms with van der Waals surface area (Å²) in [6.45, 7) is 2.26. The topological polar surface area (TPSA) is 24.9 Å². The third kappa shape index (κ3) is 2.37. The third-order valence-electron chi connectivity index (χ3n) is 3.65. The molecule has 0 saturated heterocycles. The van der Waals surface area contributed by atoms with Gasteiger partial charge in [0.15, 0.2) is 0 Å². The number of hydrogen-bond acceptors (Lipinski definition) is 2. The Morgan fingerprint density at radius 3 is 3.00 bits per heavy atom. The minimum Gasteiger partial charge on any atom is -0.380 e. The maximum atomic E-state index is 4.54. The molecule has 2 nitrogen and oxygen atoms in total. The van der Waals surface area contributed by atoms with Crippen molar-refractivity contribution in [2.45, 2.75) is 32.2 Å². The van der Waals surface area contributed by atoms with Gasteiger partial charge in [-0.05, 0) is 53.2 Å². The van der Waals surface area contributed by atoms with E-state index in [1.54, 1.807) is 0 Å². The van der Waals surface area contributed by atoms with E-state index in [1.165, 1.54) is 30.3 Å². The van der Waals surface area contributed by atoms with E-state index in [2.05, 4.69) is 57.4 Å². The Bertz CT molecular complexity index is 563. The van der Waals surface area contributed by atoms with Gasteiger partial charge in [0, 0.05) is 22.1 Å². The summed E-state index contributed by atoms with van der Waals surface area (Å²) < 4.78 is 1.03. The SMILES string of the molecule is CCC(Nc1cccc2cc(Br)cnc12)C1CC1. The number of nitrogens with one attached hydrogen (secondary N) is 1. The molecule has 0 amide bonds. The van der Waals surface area contributed by atoms with Crippen LogP contribution in [0.2, 0.25) is 0 Å². The molecule has 1 heterocycles. The molecule has 1 N–H and O–H groups in total. The fourth-order valence-corrected chi connectivity index (χ4v) is 2.85. The number of rotatable bonds is 4. The number of nitrogens with zero attached hydrogens (tertiary/aromatic N) is 1. The number of halogens is 1. The first-order valence-corrected chi connectivity index (χ1v) is 7.38. The van der Waals surface area contributed by atoms with E-state index < -0.39 is 0 Å². The molecule has 1 atom stereocenters. The maximum absolute atomic E-state index is 4.54.